The third-order valence-corrected chi connectivity index (χ3v) is 2.96. The molecule has 1 aliphatic rings. The van der Waals surface area contributed by atoms with Crippen LogP contribution in [0.5, 0.6) is 5.75 Å². The Kier molecular flexibility index (Phi) is 5.95. The van der Waals surface area contributed by atoms with Gasteiger partial charge in [-0.05, 0) is 17.7 Å². The lowest BCUT2D eigenvalue weighted by Gasteiger charge is -2.27. The first kappa shape index (κ1) is 14.8. The van der Waals surface area contributed by atoms with Gasteiger partial charge in [-0.25, -0.2) is 0 Å². The van der Waals surface area contributed by atoms with Crippen molar-refractivity contribution in [1.82, 2.24) is 10.2 Å². The van der Waals surface area contributed by atoms with E-state index in [2.05, 4.69) is 5.32 Å². The summed E-state index contributed by atoms with van der Waals surface area (Å²) in [5.41, 5.74) is 1.01. The fraction of sp³-hybridized carbons (Fsp3) is 0.462. The summed E-state index contributed by atoms with van der Waals surface area (Å²) in [5.74, 6) is 0.996. The fourth-order valence-electron chi connectivity index (χ4n) is 1.98. The van der Waals surface area contributed by atoms with Crippen molar-refractivity contribution in [1.29, 1.82) is 0 Å². The van der Waals surface area contributed by atoms with Gasteiger partial charge < -0.3 is 15.0 Å². The Morgan fingerprint density at radius 1 is 1.39 bits per heavy atom. The van der Waals surface area contributed by atoms with Gasteiger partial charge in [0.25, 0.3) is 0 Å². The molecule has 0 unspecified atom stereocenters. The Hall–Kier alpha value is -1.26. The number of amides is 1. The van der Waals surface area contributed by atoms with Crippen molar-refractivity contribution < 1.29 is 9.53 Å². The first-order valence-electron chi connectivity index (χ1n) is 5.91. The summed E-state index contributed by atoms with van der Waals surface area (Å²) >= 11 is 0. The molecule has 1 aliphatic heterocycles. The van der Waals surface area contributed by atoms with Crippen LogP contribution in [-0.2, 0) is 11.2 Å². The fourth-order valence-corrected chi connectivity index (χ4v) is 1.98. The van der Waals surface area contributed by atoms with Crippen molar-refractivity contribution in [2.24, 2.45) is 0 Å². The normalized spacial score (nSPS) is 14.8. The predicted octanol–water partition coefficient (Wildman–Crippen LogP) is 1.09. The molecule has 100 valence electrons. The lowest BCUT2D eigenvalue weighted by molar-refractivity contribution is -0.131. The van der Waals surface area contributed by atoms with Gasteiger partial charge in [-0.3, -0.25) is 4.79 Å². The Balaban J connectivity index is 0.00000162. The SMILES string of the molecule is COc1cccc(CC(=O)N2CCNCC2)c1.Cl. The van der Waals surface area contributed by atoms with E-state index in [1.165, 1.54) is 0 Å². The number of methoxy groups -OCH3 is 1. The van der Waals surface area contributed by atoms with Gasteiger partial charge in [0.1, 0.15) is 5.75 Å². The maximum atomic E-state index is 12.0. The van der Waals surface area contributed by atoms with E-state index in [1.807, 2.05) is 29.2 Å². The third-order valence-electron chi connectivity index (χ3n) is 2.96. The third kappa shape index (κ3) is 3.89. The zero-order valence-corrected chi connectivity index (χ0v) is 11.3. The molecule has 1 N–H and O–H groups in total. The summed E-state index contributed by atoms with van der Waals surface area (Å²) in [7, 11) is 1.64. The minimum absolute atomic E-state index is 0. The lowest BCUT2D eigenvalue weighted by Crippen LogP contribution is -2.46. The minimum atomic E-state index is 0. The van der Waals surface area contributed by atoms with Crippen LogP contribution >= 0.6 is 12.4 Å². The zero-order valence-electron chi connectivity index (χ0n) is 10.5. The first-order chi connectivity index (χ1) is 8.29. The van der Waals surface area contributed by atoms with Gasteiger partial charge in [0, 0.05) is 26.2 Å². The molecule has 4 nitrogen and oxygen atoms in total. The summed E-state index contributed by atoms with van der Waals surface area (Å²) in [6, 6.07) is 7.68. The monoisotopic (exact) mass is 270 g/mol. The number of nitrogens with zero attached hydrogens (tertiary/aromatic N) is 1. The van der Waals surface area contributed by atoms with Crippen LogP contribution in [-0.4, -0.2) is 44.1 Å². The highest BCUT2D eigenvalue weighted by Crippen LogP contribution is 2.13. The highest BCUT2D eigenvalue weighted by atomic mass is 35.5. The second-order valence-corrected chi connectivity index (χ2v) is 4.16. The number of carbonyl (C=O) groups excluding carboxylic acids is 1. The van der Waals surface area contributed by atoms with Gasteiger partial charge in [-0.1, -0.05) is 12.1 Å². The molecule has 2 rings (SSSR count). The van der Waals surface area contributed by atoms with Gasteiger partial charge in [0.2, 0.25) is 5.91 Å². The molecule has 0 spiro atoms. The smallest absolute Gasteiger partial charge is 0.227 e. The number of hydrogen-bond donors (Lipinski definition) is 1. The van der Waals surface area contributed by atoms with E-state index >= 15 is 0 Å². The molecule has 0 aliphatic carbocycles. The van der Waals surface area contributed by atoms with E-state index in [1.54, 1.807) is 7.11 Å². The van der Waals surface area contributed by atoms with Crippen LogP contribution in [0.2, 0.25) is 0 Å². The molecule has 0 radical (unpaired) electrons. The number of benzene rings is 1. The van der Waals surface area contributed by atoms with Crippen molar-refractivity contribution in [2.45, 2.75) is 6.42 Å². The summed E-state index contributed by atoms with van der Waals surface area (Å²) in [6.07, 6.45) is 0.456. The Morgan fingerprint density at radius 3 is 2.78 bits per heavy atom. The van der Waals surface area contributed by atoms with E-state index in [0.717, 1.165) is 37.5 Å². The van der Waals surface area contributed by atoms with Gasteiger partial charge in [-0.15, -0.1) is 12.4 Å². The van der Waals surface area contributed by atoms with Crippen molar-refractivity contribution in [3.05, 3.63) is 29.8 Å². The molecule has 18 heavy (non-hydrogen) atoms. The van der Waals surface area contributed by atoms with Crippen LogP contribution in [0, 0.1) is 0 Å². The lowest BCUT2D eigenvalue weighted by atomic mass is 10.1. The van der Waals surface area contributed by atoms with Crippen molar-refractivity contribution in [3.63, 3.8) is 0 Å². The second-order valence-electron chi connectivity index (χ2n) is 4.16. The maximum Gasteiger partial charge on any atom is 0.227 e. The number of nitrogens with one attached hydrogen (secondary N) is 1. The van der Waals surface area contributed by atoms with E-state index in [4.69, 9.17) is 4.74 Å². The average Bonchev–Trinajstić information content (AvgIpc) is 2.40. The van der Waals surface area contributed by atoms with Crippen molar-refractivity contribution in [2.75, 3.05) is 33.3 Å². The van der Waals surface area contributed by atoms with Crippen molar-refractivity contribution in [3.8, 4) is 5.75 Å². The molecule has 1 aromatic rings. The van der Waals surface area contributed by atoms with Crippen molar-refractivity contribution >= 4 is 18.3 Å². The Labute approximate surface area is 114 Å². The molecule has 0 bridgehead atoms. The molecule has 1 saturated heterocycles. The van der Waals surface area contributed by atoms with Crippen LogP contribution in [0.15, 0.2) is 24.3 Å². The van der Waals surface area contributed by atoms with Crippen LogP contribution in [0.3, 0.4) is 0 Å². The largest absolute Gasteiger partial charge is 0.497 e. The molecule has 1 fully saturated rings. The zero-order chi connectivity index (χ0) is 12.1. The molecule has 1 aromatic carbocycles. The quantitative estimate of drug-likeness (QED) is 0.894. The summed E-state index contributed by atoms with van der Waals surface area (Å²) < 4.78 is 5.15. The summed E-state index contributed by atoms with van der Waals surface area (Å²) in [4.78, 5) is 13.9. The molecule has 1 amide bonds. The Bertz CT molecular complexity index is 392. The van der Waals surface area contributed by atoms with Crippen LogP contribution in [0.25, 0.3) is 0 Å². The molecule has 0 saturated carbocycles. The molecular weight excluding hydrogens is 252 g/mol. The number of carbonyl (C=O) groups is 1. The molecule has 1 heterocycles. The summed E-state index contributed by atoms with van der Waals surface area (Å²) in [6.45, 7) is 3.40. The summed E-state index contributed by atoms with van der Waals surface area (Å²) in [5, 5.41) is 3.24. The average molecular weight is 271 g/mol. The van der Waals surface area contributed by atoms with Gasteiger partial charge in [0.15, 0.2) is 0 Å². The van der Waals surface area contributed by atoms with Crippen LogP contribution in [0.4, 0.5) is 0 Å². The van der Waals surface area contributed by atoms with E-state index in [0.29, 0.717) is 6.42 Å². The van der Waals surface area contributed by atoms with Crippen LogP contribution < -0.4 is 10.1 Å². The standard InChI is InChI=1S/C13H18N2O2.ClH/c1-17-12-4-2-3-11(9-12)10-13(16)15-7-5-14-6-8-15;/h2-4,9,14H,5-8,10H2,1H3;1H. The second kappa shape index (κ2) is 7.24. The molecule has 0 atom stereocenters. The maximum absolute atomic E-state index is 12.0. The predicted molar refractivity (Wildman–Crippen MR) is 73.4 cm³/mol. The van der Waals surface area contributed by atoms with Gasteiger partial charge in [-0.2, -0.15) is 0 Å². The van der Waals surface area contributed by atoms with Gasteiger partial charge >= 0.3 is 0 Å². The highest BCUT2D eigenvalue weighted by molar-refractivity contribution is 5.85. The minimum Gasteiger partial charge on any atom is -0.497 e. The number of hydrogen-bond acceptors (Lipinski definition) is 3. The number of piperazine rings is 1. The van der Waals surface area contributed by atoms with Gasteiger partial charge in [0.05, 0.1) is 13.5 Å². The molecule has 0 aromatic heterocycles. The number of ether oxygens (including phenoxy) is 1. The number of halogens is 1. The number of rotatable bonds is 3. The molecular formula is C13H19ClN2O2. The highest BCUT2D eigenvalue weighted by Gasteiger charge is 2.16. The van der Waals surface area contributed by atoms with E-state index in [-0.39, 0.29) is 18.3 Å². The van der Waals surface area contributed by atoms with E-state index < -0.39 is 0 Å². The molecule has 5 heteroatoms. The topological polar surface area (TPSA) is 41.6 Å². The Morgan fingerprint density at radius 2 is 2.11 bits per heavy atom. The first-order valence-corrected chi connectivity index (χ1v) is 5.91. The van der Waals surface area contributed by atoms with Crippen LogP contribution in [0.1, 0.15) is 5.56 Å². The van der Waals surface area contributed by atoms with E-state index in [9.17, 15) is 4.79 Å².